The molecule has 2 heterocycles. The number of benzene rings is 1. The van der Waals surface area contributed by atoms with Crippen molar-refractivity contribution in [2.75, 3.05) is 10.6 Å². The van der Waals surface area contributed by atoms with Crippen LogP contribution in [0.5, 0.6) is 0 Å². The zero-order valence-electron chi connectivity index (χ0n) is 19.3. The van der Waals surface area contributed by atoms with E-state index in [9.17, 15) is 9.59 Å². The summed E-state index contributed by atoms with van der Waals surface area (Å²) >= 11 is 0. The summed E-state index contributed by atoms with van der Waals surface area (Å²) in [4.78, 5) is 33.9. The van der Waals surface area contributed by atoms with Crippen molar-refractivity contribution in [1.29, 1.82) is 0 Å². The van der Waals surface area contributed by atoms with Gasteiger partial charge in [0.1, 0.15) is 18.0 Å². The van der Waals surface area contributed by atoms with Crippen molar-refractivity contribution >= 4 is 29.1 Å². The Labute approximate surface area is 188 Å². The Bertz CT molecular complexity index is 1120. The Hall–Kier alpha value is -2.96. The predicted molar refractivity (Wildman–Crippen MR) is 124 cm³/mol. The number of nitrogens with zero attached hydrogens (tertiary/aromatic N) is 2. The maximum absolute atomic E-state index is 13.0. The molecule has 1 aromatic carbocycles. The summed E-state index contributed by atoms with van der Waals surface area (Å²) in [5.74, 6) is 1.36. The number of fused-ring (bicyclic) bond motifs is 2. The van der Waals surface area contributed by atoms with Crippen LogP contribution in [0, 0.1) is 25.2 Å². The van der Waals surface area contributed by atoms with E-state index in [4.69, 9.17) is 0 Å². The Morgan fingerprint density at radius 2 is 1.81 bits per heavy atom. The van der Waals surface area contributed by atoms with Gasteiger partial charge in [0.15, 0.2) is 0 Å². The lowest BCUT2D eigenvalue weighted by Crippen LogP contribution is -2.52. The average Bonchev–Trinajstić information content (AvgIpc) is 3.53. The third kappa shape index (κ3) is 3.26. The first-order chi connectivity index (χ1) is 15.2. The smallest absolute Gasteiger partial charge is 0.252 e. The number of rotatable bonds is 4. The maximum Gasteiger partial charge on any atom is 0.252 e. The summed E-state index contributed by atoms with van der Waals surface area (Å²) in [7, 11) is 0. The highest BCUT2D eigenvalue weighted by molar-refractivity contribution is 6.02. The molecule has 3 aliphatic rings. The zero-order chi connectivity index (χ0) is 22.7. The molecule has 32 heavy (non-hydrogen) atoms. The van der Waals surface area contributed by atoms with E-state index in [1.165, 1.54) is 12.7 Å². The first-order valence-electron chi connectivity index (χ1n) is 11.6. The van der Waals surface area contributed by atoms with Gasteiger partial charge in [-0.1, -0.05) is 26.7 Å². The van der Waals surface area contributed by atoms with Crippen LogP contribution in [0.4, 0.5) is 17.3 Å². The molecule has 2 aliphatic carbocycles. The minimum absolute atomic E-state index is 0.0252. The van der Waals surface area contributed by atoms with Crippen molar-refractivity contribution < 1.29 is 9.59 Å². The van der Waals surface area contributed by atoms with Crippen molar-refractivity contribution in [2.45, 2.75) is 71.8 Å². The lowest BCUT2D eigenvalue weighted by atomic mass is 9.61. The summed E-state index contributed by atoms with van der Waals surface area (Å²) < 4.78 is 0. The van der Waals surface area contributed by atoms with Crippen LogP contribution in [0.25, 0.3) is 0 Å². The summed E-state index contributed by atoms with van der Waals surface area (Å²) in [5.41, 5.74) is 4.16. The fourth-order valence-electron chi connectivity index (χ4n) is 5.46. The Balaban J connectivity index is 1.50. The van der Waals surface area contributed by atoms with Crippen molar-refractivity contribution in [3.8, 4) is 0 Å². The topological polar surface area (TPSA) is 96.0 Å². The van der Waals surface area contributed by atoms with Crippen molar-refractivity contribution in [2.24, 2.45) is 11.3 Å². The highest BCUT2D eigenvalue weighted by Gasteiger charge is 2.54. The van der Waals surface area contributed by atoms with Crippen LogP contribution in [0.15, 0.2) is 18.5 Å². The number of aromatic nitrogens is 2. The van der Waals surface area contributed by atoms with Gasteiger partial charge in [-0.15, -0.1) is 0 Å². The molecule has 1 spiro atoms. The SMILES string of the molecule is Cc1cc(Nc2ncnc(NC(=O)C3CC3)c2C)cc2c1C(=O)NC21CCCCC1(C)C. The molecule has 7 heteroatoms. The number of carbonyl (C=O) groups is 2. The molecule has 2 fully saturated rings. The van der Waals surface area contributed by atoms with Gasteiger partial charge < -0.3 is 16.0 Å². The normalized spacial score (nSPS) is 23.6. The van der Waals surface area contributed by atoms with Crippen LogP contribution < -0.4 is 16.0 Å². The maximum atomic E-state index is 13.0. The largest absolute Gasteiger partial charge is 0.342 e. The number of anilines is 3. The van der Waals surface area contributed by atoms with E-state index in [0.29, 0.717) is 11.6 Å². The lowest BCUT2D eigenvalue weighted by molar-refractivity contribution is -0.117. The van der Waals surface area contributed by atoms with Gasteiger partial charge in [0.2, 0.25) is 5.91 Å². The lowest BCUT2D eigenvalue weighted by Gasteiger charge is -2.48. The molecular weight excluding hydrogens is 402 g/mol. The summed E-state index contributed by atoms with van der Waals surface area (Å²) in [6, 6.07) is 4.11. The summed E-state index contributed by atoms with van der Waals surface area (Å²) in [6.45, 7) is 8.43. The van der Waals surface area contributed by atoms with Crippen LogP contribution in [-0.2, 0) is 10.3 Å². The zero-order valence-corrected chi connectivity index (χ0v) is 19.3. The molecule has 1 atom stereocenters. The van der Waals surface area contributed by atoms with Gasteiger partial charge in [-0.25, -0.2) is 9.97 Å². The van der Waals surface area contributed by atoms with Crippen LogP contribution in [0.2, 0.25) is 0 Å². The van der Waals surface area contributed by atoms with Gasteiger partial charge in [0, 0.05) is 22.7 Å². The molecule has 0 radical (unpaired) electrons. The van der Waals surface area contributed by atoms with Crippen molar-refractivity contribution in [1.82, 2.24) is 15.3 Å². The molecule has 7 nitrogen and oxygen atoms in total. The van der Waals surface area contributed by atoms with Crippen LogP contribution >= 0.6 is 0 Å². The first-order valence-corrected chi connectivity index (χ1v) is 11.6. The summed E-state index contributed by atoms with van der Waals surface area (Å²) in [5, 5.41) is 9.73. The van der Waals surface area contributed by atoms with Crippen LogP contribution in [-0.4, -0.2) is 21.8 Å². The highest BCUT2D eigenvalue weighted by atomic mass is 16.2. The van der Waals surface area contributed by atoms with Gasteiger partial charge in [-0.05, 0) is 68.2 Å². The van der Waals surface area contributed by atoms with Crippen LogP contribution in [0.1, 0.15) is 79.4 Å². The molecular formula is C25H31N5O2. The molecule has 2 aromatic rings. The molecule has 5 rings (SSSR count). The number of hydrogen-bond acceptors (Lipinski definition) is 5. The first kappa shape index (κ1) is 20.9. The van der Waals surface area contributed by atoms with E-state index in [1.54, 1.807) is 0 Å². The second-order valence-corrected chi connectivity index (χ2v) is 10.3. The standard InChI is InChI=1S/C25H31N5O2/c1-14-11-17(28-20-15(2)21(27-13-26-20)29-22(31)16-7-8-16)12-18-19(14)23(32)30-25(18)10-6-5-9-24(25,3)4/h11-13,16H,5-10H2,1-4H3,(H,30,32)(H2,26,27,28,29,31). The number of amides is 2. The minimum Gasteiger partial charge on any atom is -0.342 e. The Morgan fingerprint density at radius 3 is 2.53 bits per heavy atom. The van der Waals surface area contributed by atoms with E-state index in [1.807, 2.05) is 19.9 Å². The molecule has 1 unspecified atom stereocenters. The fourth-order valence-corrected chi connectivity index (χ4v) is 5.46. The molecule has 1 aromatic heterocycles. The summed E-state index contributed by atoms with van der Waals surface area (Å²) in [6.07, 6.45) is 7.68. The van der Waals surface area contributed by atoms with E-state index in [2.05, 4.69) is 45.8 Å². The molecule has 2 saturated carbocycles. The van der Waals surface area contributed by atoms with Gasteiger partial charge in [0.05, 0.1) is 5.54 Å². The van der Waals surface area contributed by atoms with Crippen molar-refractivity contribution in [3.63, 3.8) is 0 Å². The van der Waals surface area contributed by atoms with E-state index < -0.39 is 0 Å². The molecule has 168 valence electrons. The average molecular weight is 434 g/mol. The van der Waals surface area contributed by atoms with Crippen LogP contribution in [0.3, 0.4) is 0 Å². The number of carbonyl (C=O) groups excluding carboxylic acids is 2. The van der Waals surface area contributed by atoms with Gasteiger partial charge in [-0.3, -0.25) is 9.59 Å². The molecule has 2 amide bonds. The highest BCUT2D eigenvalue weighted by Crippen LogP contribution is 2.54. The molecule has 1 aliphatic heterocycles. The minimum atomic E-state index is -0.343. The third-order valence-corrected chi connectivity index (χ3v) is 7.64. The number of nitrogens with one attached hydrogen (secondary N) is 3. The number of aryl methyl sites for hydroxylation is 1. The quantitative estimate of drug-likeness (QED) is 0.648. The Kier molecular flexibility index (Phi) is 4.76. The van der Waals surface area contributed by atoms with E-state index in [0.717, 1.165) is 60.0 Å². The molecule has 0 saturated heterocycles. The third-order valence-electron chi connectivity index (χ3n) is 7.64. The second-order valence-electron chi connectivity index (χ2n) is 10.3. The Morgan fingerprint density at radius 1 is 1.09 bits per heavy atom. The van der Waals surface area contributed by atoms with Gasteiger partial charge in [-0.2, -0.15) is 0 Å². The predicted octanol–water partition coefficient (Wildman–Crippen LogP) is 4.72. The van der Waals surface area contributed by atoms with E-state index >= 15 is 0 Å². The monoisotopic (exact) mass is 433 g/mol. The molecule has 0 bridgehead atoms. The van der Waals surface area contributed by atoms with Gasteiger partial charge >= 0.3 is 0 Å². The van der Waals surface area contributed by atoms with Crippen molar-refractivity contribution in [3.05, 3.63) is 40.7 Å². The van der Waals surface area contributed by atoms with Gasteiger partial charge in [0.25, 0.3) is 5.91 Å². The van der Waals surface area contributed by atoms with E-state index in [-0.39, 0.29) is 28.7 Å². The molecule has 3 N–H and O–H groups in total. The number of hydrogen-bond donors (Lipinski definition) is 3. The second kappa shape index (κ2) is 7.29. The fraction of sp³-hybridized carbons (Fsp3) is 0.520.